The Hall–Kier alpha value is -2.45. The molecule has 2 rings (SSSR count). The van der Waals surface area contributed by atoms with Gasteiger partial charge in [0.15, 0.2) is 11.6 Å². The lowest BCUT2D eigenvalue weighted by atomic mass is 10.1. The third kappa shape index (κ3) is 3.11. The topological polar surface area (TPSA) is 56.0 Å². The van der Waals surface area contributed by atoms with E-state index in [1.54, 1.807) is 24.3 Å². The maximum Gasteiger partial charge on any atom is 0.181 e. The largest absolute Gasteiger partial charge is 0.387 e. The molecule has 102 valence electrons. The molecule has 0 saturated carbocycles. The fourth-order valence-corrected chi connectivity index (χ4v) is 1.74. The Morgan fingerprint density at radius 1 is 1.15 bits per heavy atom. The van der Waals surface area contributed by atoms with Crippen LogP contribution in [-0.4, -0.2) is 11.7 Å². The van der Waals surface area contributed by atoms with Crippen molar-refractivity contribution in [3.8, 4) is 6.07 Å². The summed E-state index contributed by atoms with van der Waals surface area (Å²) in [6.07, 6.45) is -0.884. The van der Waals surface area contributed by atoms with Crippen molar-refractivity contribution >= 4 is 5.69 Å². The molecule has 0 aliphatic heterocycles. The van der Waals surface area contributed by atoms with Crippen molar-refractivity contribution in [2.75, 3.05) is 11.9 Å². The van der Waals surface area contributed by atoms with E-state index < -0.39 is 17.7 Å². The molecule has 0 spiro atoms. The summed E-state index contributed by atoms with van der Waals surface area (Å²) in [5.74, 6) is -1.91. The van der Waals surface area contributed by atoms with Gasteiger partial charge >= 0.3 is 0 Å². The van der Waals surface area contributed by atoms with Crippen LogP contribution in [-0.2, 0) is 0 Å². The minimum atomic E-state index is -0.973. The van der Waals surface area contributed by atoms with Gasteiger partial charge in [-0.1, -0.05) is 18.2 Å². The van der Waals surface area contributed by atoms with Gasteiger partial charge in [-0.3, -0.25) is 0 Å². The Kier molecular flexibility index (Phi) is 4.28. The van der Waals surface area contributed by atoms with Crippen LogP contribution in [0.25, 0.3) is 0 Å². The monoisotopic (exact) mass is 274 g/mol. The predicted molar refractivity (Wildman–Crippen MR) is 71.0 cm³/mol. The van der Waals surface area contributed by atoms with Gasteiger partial charge in [0.05, 0.1) is 23.4 Å². The lowest BCUT2D eigenvalue weighted by Gasteiger charge is -2.13. The van der Waals surface area contributed by atoms with Gasteiger partial charge in [-0.2, -0.15) is 5.26 Å². The molecular formula is C15H12F2N2O. The van der Waals surface area contributed by atoms with E-state index in [0.717, 1.165) is 6.07 Å². The molecule has 0 saturated heterocycles. The van der Waals surface area contributed by atoms with E-state index in [1.807, 2.05) is 6.07 Å². The van der Waals surface area contributed by atoms with Gasteiger partial charge < -0.3 is 10.4 Å². The van der Waals surface area contributed by atoms with Gasteiger partial charge in [-0.05, 0) is 29.8 Å². The molecule has 0 aromatic heterocycles. The van der Waals surface area contributed by atoms with Crippen molar-refractivity contribution in [2.45, 2.75) is 6.10 Å². The Bertz CT molecular complexity index is 635. The van der Waals surface area contributed by atoms with E-state index in [4.69, 9.17) is 5.26 Å². The Labute approximate surface area is 115 Å². The summed E-state index contributed by atoms with van der Waals surface area (Å²) in [5, 5.41) is 21.3. The van der Waals surface area contributed by atoms with Crippen LogP contribution in [0.3, 0.4) is 0 Å². The molecule has 1 unspecified atom stereocenters. The van der Waals surface area contributed by atoms with Crippen molar-refractivity contribution in [3.05, 3.63) is 65.2 Å². The van der Waals surface area contributed by atoms with Gasteiger partial charge in [0.25, 0.3) is 0 Å². The van der Waals surface area contributed by atoms with E-state index in [-0.39, 0.29) is 12.2 Å². The quantitative estimate of drug-likeness (QED) is 0.901. The Morgan fingerprint density at radius 3 is 2.50 bits per heavy atom. The molecule has 0 fully saturated rings. The van der Waals surface area contributed by atoms with Crippen LogP contribution in [0.5, 0.6) is 0 Å². The number of aliphatic hydroxyl groups is 1. The summed E-state index contributed by atoms with van der Waals surface area (Å²) in [4.78, 5) is 0. The van der Waals surface area contributed by atoms with E-state index in [9.17, 15) is 13.9 Å². The summed E-state index contributed by atoms with van der Waals surface area (Å²) in [6.45, 7) is 0.0340. The zero-order chi connectivity index (χ0) is 14.5. The highest BCUT2D eigenvalue weighted by molar-refractivity contribution is 5.45. The smallest absolute Gasteiger partial charge is 0.181 e. The number of nitriles is 1. The number of nitrogens with zero attached hydrogens (tertiary/aromatic N) is 1. The molecule has 0 aliphatic rings. The molecule has 0 heterocycles. The molecule has 3 nitrogen and oxygen atoms in total. The first-order chi connectivity index (χ1) is 9.61. The number of nitrogens with one attached hydrogen (secondary N) is 1. The fourth-order valence-electron chi connectivity index (χ4n) is 1.74. The maximum absolute atomic E-state index is 13.4. The predicted octanol–water partition coefficient (Wildman–Crippen LogP) is 2.98. The van der Waals surface area contributed by atoms with Gasteiger partial charge in [0.1, 0.15) is 0 Å². The molecule has 0 amide bonds. The maximum atomic E-state index is 13.4. The number of hydrogen-bond acceptors (Lipinski definition) is 3. The standard InChI is InChI=1S/C15H12F2N2O/c16-12-2-1-3-13(15(12)17)19-9-14(20)11-6-4-10(8-18)5-7-11/h1-7,14,19-20H,9H2. The van der Waals surface area contributed by atoms with Gasteiger partial charge in [-0.15, -0.1) is 0 Å². The van der Waals surface area contributed by atoms with Gasteiger partial charge in [-0.25, -0.2) is 8.78 Å². The lowest BCUT2D eigenvalue weighted by molar-refractivity contribution is 0.191. The molecule has 2 N–H and O–H groups in total. The number of benzene rings is 2. The highest BCUT2D eigenvalue weighted by atomic mass is 19.2. The van der Waals surface area contributed by atoms with E-state index >= 15 is 0 Å². The number of anilines is 1. The van der Waals surface area contributed by atoms with Crippen LogP contribution >= 0.6 is 0 Å². The van der Waals surface area contributed by atoms with Crippen LogP contribution in [0.1, 0.15) is 17.2 Å². The molecule has 1 atom stereocenters. The SMILES string of the molecule is N#Cc1ccc(C(O)CNc2cccc(F)c2F)cc1. The summed E-state index contributed by atoms with van der Waals surface area (Å²) in [6, 6.07) is 12.2. The first kappa shape index (κ1) is 14.0. The van der Waals surface area contributed by atoms with Gasteiger partial charge in [0, 0.05) is 6.54 Å². The van der Waals surface area contributed by atoms with Crippen molar-refractivity contribution in [3.63, 3.8) is 0 Å². The highest BCUT2D eigenvalue weighted by Crippen LogP contribution is 2.19. The van der Waals surface area contributed by atoms with Crippen LogP contribution in [0, 0.1) is 23.0 Å². The zero-order valence-corrected chi connectivity index (χ0v) is 10.5. The lowest BCUT2D eigenvalue weighted by Crippen LogP contribution is -2.13. The number of halogens is 2. The number of rotatable bonds is 4. The van der Waals surface area contributed by atoms with Crippen molar-refractivity contribution < 1.29 is 13.9 Å². The van der Waals surface area contributed by atoms with Crippen LogP contribution in [0.2, 0.25) is 0 Å². The Balaban J connectivity index is 2.03. The summed E-state index contributed by atoms with van der Waals surface area (Å²) in [7, 11) is 0. The molecule has 20 heavy (non-hydrogen) atoms. The highest BCUT2D eigenvalue weighted by Gasteiger charge is 2.11. The van der Waals surface area contributed by atoms with Crippen LogP contribution in [0.15, 0.2) is 42.5 Å². The van der Waals surface area contributed by atoms with Crippen LogP contribution < -0.4 is 5.32 Å². The second-order valence-electron chi connectivity index (χ2n) is 4.23. The Morgan fingerprint density at radius 2 is 1.85 bits per heavy atom. The molecule has 0 bridgehead atoms. The molecule has 2 aromatic rings. The zero-order valence-electron chi connectivity index (χ0n) is 10.5. The average Bonchev–Trinajstić information content (AvgIpc) is 2.48. The number of aliphatic hydroxyl groups excluding tert-OH is 1. The van der Waals surface area contributed by atoms with E-state index in [0.29, 0.717) is 11.1 Å². The van der Waals surface area contributed by atoms with Gasteiger partial charge in [0.2, 0.25) is 0 Å². The summed E-state index contributed by atoms with van der Waals surface area (Å²) >= 11 is 0. The molecule has 5 heteroatoms. The van der Waals surface area contributed by atoms with Crippen molar-refractivity contribution in [2.24, 2.45) is 0 Å². The molecule has 0 aliphatic carbocycles. The van der Waals surface area contributed by atoms with Crippen LogP contribution in [0.4, 0.5) is 14.5 Å². The summed E-state index contributed by atoms with van der Waals surface area (Å²) in [5.41, 5.74) is 1.08. The first-order valence-electron chi connectivity index (χ1n) is 5.98. The van der Waals surface area contributed by atoms with E-state index in [2.05, 4.69) is 5.32 Å². The normalized spacial score (nSPS) is 11.7. The molecule has 0 radical (unpaired) electrons. The van der Waals surface area contributed by atoms with E-state index in [1.165, 1.54) is 12.1 Å². The van der Waals surface area contributed by atoms with Crippen molar-refractivity contribution in [1.29, 1.82) is 5.26 Å². The minimum Gasteiger partial charge on any atom is -0.387 e. The van der Waals surface area contributed by atoms with Crippen molar-refractivity contribution in [1.82, 2.24) is 0 Å². The summed E-state index contributed by atoms with van der Waals surface area (Å²) < 4.78 is 26.4. The third-order valence-electron chi connectivity index (χ3n) is 2.86. The second-order valence-corrected chi connectivity index (χ2v) is 4.23. The number of hydrogen-bond donors (Lipinski definition) is 2. The minimum absolute atomic E-state index is 0.00213. The molecule has 2 aromatic carbocycles. The third-order valence-corrected chi connectivity index (χ3v) is 2.86. The second kappa shape index (κ2) is 6.13. The molecular weight excluding hydrogens is 262 g/mol. The average molecular weight is 274 g/mol. The first-order valence-corrected chi connectivity index (χ1v) is 5.98. The fraction of sp³-hybridized carbons (Fsp3) is 0.133.